The van der Waals surface area contributed by atoms with E-state index in [1.165, 1.54) is 11.8 Å². The first-order valence-electron chi connectivity index (χ1n) is 10.4. The highest BCUT2D eigenvalue weighted by atomic mass is 32.2. The first kappa shape index (κ1) is 21.5. The number of carbonyl (C=O) groups is 3. The molecule has 0 radical (unpaired) electrons. The van der Waals surface area contributed by atoms with Crippen molar-refractivity contribution < 1.29 is 18.8 Å². The lowest BCUT2D eigenvalue weighted by Crippen LogP contribution is -2.46. The second-order valence-corrected chi connectivity index (χ2v) is 9.03. The van der Waals surface area contributed by atoms with Crippen molar-refractivity contribution in [3.63, 3.8) is 0 Å². The molecule has 0 spiro atoms. The van der Waals surface area contributed by atoms with E-state index in [4.69, 9.17) is 4.42 Å². The first-order valence-corrected chi connectivity index (χ1v) is 11.4. The Labute approximate surface area is 185 Å². The zero-order valence-electron chi connectivity index (χ0n) is 17.3. The molecule has 3 N–H and O–H groups in total. The number of rotatable bonds is 8. The van der Waals surface area contributed by atoms with Gasteiger partial charge >= 0.3 is 6.03 Å². The van der Waals surface area contributed by atoms with E-state index in [1.807, 2.05) is 30.3 Å². The van der Waals surface area contributed by atoms with Crippen molar-refractivity contribution in [3.8, 4) is 0 Å². The molecule has 164 valence electrons. The van der Waals surface area contributed by atoms with Gasteiger partial charge in [0.2, 0.25) is 0 Å². The molecular weight excluding hydrogens is 416 g/mol. The molecular formula is C22H26N4O4S. The Kier molecular flexibility index (Phi) is 6.33. The van der Waals surface area contributed by atoms with Gasteiger partial charge in [-0.15, -0.1) is 11.8 Å². The molecule has 2 saturated heterocycles. The van der Waals surface area contributed by atoms with Crippen LogP contribution in [-0.2, 0) is 4.79 Å². The van der Waals surface area contributed by atoms with Gasteiger partial charge in [0.05, 0.1) is 17.9 Å². The molecule has 1 aromatic carbocycles. The van der Waals surface area contributed by atoms with E-state index < -0.39 is 11.6 Å². The van der Waals surface area contributed by atoms with Crippen molar-refractivity contribution in [2.75, 3.05) is 25.4 Å². The van der Waals surface area contributed by atoms with Crippen molar-refractivity contribution in [2.45, 2.75) is 36.2 Å². The molecule has 2 aliphatic heterocycles. The quantitative estimate of drug-likeness (QED) is 0.429. The van der Waals surface area contributed by atoms with E-state index in [2.05, 4.69) is 20.9 Å². The summed E-state index contributed by atoms with van der Waals surface area (Å²) in [5.74, 6) is 0.626. The summed E-state index contributed by atoms with van der Waals surface area (Å²) in [5.41, 5.74) is -0.466. The summed E-state index contributed by atoms with van der Waals surface area (Å²) in [6.07, 6.45) is 3.95. The lowest BCUT2D eigenvalue weighted by Gasteiger charge is -2.26. The number of nitrogens with one attached hydrogen (secondary N) is 3. The Balaban J connectivity index is 1.43. The van der Waals surface area contributed by atoms with Crippen LogP contribution in [0.2, 0.25) is 0 Å². The maximum Gasteiger partial charge on any atom is 0.322 e. The van der Waals surface area contributed by atoms with E-state index in [0.717, 1.165) is 36.6 Å². The van der Waals surface area contributed by atoms with Crippen molar-refractivity contribution in [1.29, 1.82) is 0 Å². The van der Waals surface area contributed by atoms with Crippen LogP contribution >= 0.6 is 11.8 Å². The van der Waals surface area contributed by atoms with Crippen molar-refractivity contribution >= 4 is 29.6 Å². The Morgan fingerprint density at radius 2 is 2.00 bits per heavy atom. The number of furan rings is 1. The minimum atomic E-state index is -1.01. The van der Waals surface area contributed by atoms with E-state index in [-0.39, 0.29) is 17.9 Å². The predicted octanol–water partition coefficient (Wildman–Crippen LogP) is 2.54. The van der Waals surface area contributed by atoms with Gasteiger partial charge in [0.1, 0.15) is 11.3 Å². The van der Waals surface area contributed by atoms with E-state index in [9.17, 15) is 14.4 Å². The summed E-state index contributed by atoms with van der Waals surface area (Å²) in [5, 5.41) is 7.96. The Morgan fingerprint density at radius 3 is 2.68 bits per heavy atom. The lowest BCUT2D eigenvalue weighted by molar-refractivity contribution is -0.122. The van der Waals surface area contributed by atoms with Crippen LogP contribution in [0.25, 0.3) is 0 Å². The standard InChI is InChI=1S/C22H26N4O4S/c1-22(20(28)24-21(29)25-22)14-31-18-9-3-2-7-15(18)19(27)23-13-16(17-8-6-12-30-17)26-10-4-5-11-26/h2-3,6-9,12,16H,4-5,10-11,13-14H2,1H3,(H,23,27)(H2,24,25,28,29)/t16-,22+/m1/s1. The monoisotopic (exact) mass is 442 g/mol. The number of imide groups is 1. The van der Waals surface area contributed by atoms with Gasteiger partial charge in [-0.1, -0.05) is 12.1 Å². The number of thioether (sulfide) groups is 1. The smallest absolute Gasteiger partial charge is 0.322 e. The Morgan fingerprint density at radius 1 is 1.23 bits per heavy atom. The molecule has 0 saturated carbocycles. The average Bonchev–Trinajstić information content (AvgIpc) is 3.51. The topological polar surface area (TPSA) is 104 Å². The van der Waals surface area contributed by atoms with Crippen LogP contribution in [0.5, 0.6) is 0 Å². The van der Waals surface area contributed by atoms with Crippen LogP contribution in [-0.4, -0.2) is 53.7 Å². The molecule has 1 aromatic heterocycles. The largest absolute Gasteiger partial charge is 0.468 e. The van der Waals surface area contributed by atoms with Gasteiger partial charge in [0.25, 0.3) is 11.8 Å². The number of hydrogen-bond acceptors (Lipinski definition) is 6. The van der Waals surface area contributed by atoms with Gasteiger partial charge in [-0.25, -0.2) is 4.79 Å². The minimum Gasteiger partial charge on any atom is -0.468 e. The van der Waals surface area contributed by atoms with E-state index in [1.54, 1.807) is 19.3 Å². The lowest BCUT2D eigenvalue weighted by atomic mass is 10.1. The van der Waals surface area contributed by atoms with Gasteiger partial charge in [0, 0.05) is 17.2 Å². The summed E-state index contributed by atoms with van der Waals surface area (Å²) in [6, 6.07) is 10.6. The highest BCUT2D eigenvalue weighted by Crippen LogP contribution is 2.28. The van der Waals surface area contributed by atoms with Crippen LogP contribution < -0.4 is 16.0 Å². The molecule has 8 nitrogen and oxygen atoms in total. The van der Waals surface area contributed by atoms with Gasteiger partial charge in [-0.05, 0) is 57.1 Å². The predicted molar refractivity (Wildman–Crippen MR) is 117 cm³/mol. The third-order valence-corrected chi connectivity index (χ3v) is 7.06. The fourth-order valence-corrected chi connectivity index (χ4v) is 5.05. The summed E-state index contributed by atoms with van der Waals surface area (Å²) in [4.78, 5) is 39.7. The summed E-state index contributed by atoms with van der Waals surface area (Å²) in [7, 11) is 0. The molecule has 2 atom stereocenters. The normalized spacial score (nSPS) is 22.2. The second-order valence-electron chi connectivity index (χ2n) is 8.01. The number of hydrogen-bond donors (Lipinski definition) is 3. The Bertz CT molecular complexity index is 958. The maximum absolute atomic E-state index is 13.0. The molecule has 0 aliphatic carbocycles. The van der Waals surface area contributed by atoms with E-state index in [0.29, 0.717) is 17.9 Å². The maximum atomic E-state index is 13.0. The van der Waals surface area contributed by atoms with Crippen molar-refractivity contribution in [3.05, 3.63) is 54.0 Å². The summed E-state index contributed by atoms with van der Waals surface area (Å²) >= 11 is 1.37. The second kappa shape index (κ2) is 9.15. The highest BCUT2D eigenvalue weighted by Gasteiger charge is 2.42. The number of carbonyl (C=O) groups excluding carboxylic acids is 3. The number of benzene rings is 1. The summed E-state index contributed by atoms with van der Waals surface area (Å²) in [6.45, 7) is 4.09. The highest BCUT2D eigenvalue weighted by molar-refractivity contribution is 7.99. The number of nitrogens with zero attached hydrogens (tertiary/aromatic N) is 1. The zero-order chi connectivity index (χ0) is 21.8. The minimum absolute atomic E-state index is 0.00225. The van der Waals surface area contributed by atoms with Gasteiger partial charge in [-0.3, -0.25) is 19.8 Å². The zero-order valence-corrected chi connectivity index (χ0v) is 18.2. The molecule has 2 fully saturated rings. The molecule has 31 heavy (non-hydrogen) atoms. The first-order chi connectivity index (χ1) is 15.0. The molecule has 0 unspecified atom stereocenters. The third kappa shape index (κ3) is 4.77. The molecule has 9 heteroatoms. The van der Waals surface area contributed by atoms with E-state index >= 15 is 0 Å². The van der Waals surface area contributed by atoms with Crippen molar-refractivity contribution in [2.24, 2.45) is 0 Å². The summed E-state index contributed by atoms with van der Waals surface area (Å²) < 4.78 is 5.63. The fourth-order valence-electron chi connectivity index (χ4n) is 3.91. The molecule has 3 heterocycles. The average molecular weight is 443 g/mol. The van der Waals surface area contributed by atoms with Gasteiger partial charge < -0.3 is 15.1 Å². The molecule has 2 aliphatic rings. The third-order valence-electron chi connectivity index (χ3n) is 5.67. The van der Waals surface area contributed by atoms with Crippen LogP contribution in [0.4, 0.5) is 4.79 Å². The number of likely N-dealkylation sites (tertiary alicyclic amines) is 1. The van der Waals surface area contributed by atoms with Crippen LogP contribution in [0.1, 0.15) is 41.9 Å². The molecule has 4 rings (SSSR count). The molecule has 2 aromatic rings. The van der Waals surface area contributed by atoms with Crippen LogP contribution in [0.3, 0.4) is 0 Å². The molecule has 4 amide bonds. The number of urea groups is 1. The van der Waals surface area contributed by atoms with Gasteiger partial charge in [-0.2, -0.15) is 0 Å². The van der Waals surface area contributed by atoms with Gasteiger partial charge in [0.15, 0.2) is 0 Å². The van der Waals surface area contributed by atoms with Crippen molar-refractivity contribution in [1.82, 2.24) is 20.9 Å². The molecule has 0 bridgehead atoms. The van der Waals surface area contributed by atoms with Crippen LogP contribution in [0.15, 0.2) is 52.0 Å². The SMILES string of the molecule is C[C@@]1(CSc2ccccc2C(=O)NC[C@H](c2ccco2)N2CCCC2)NC(=O)NC1=O. The number of amides is 4. The Hall–Kier alpha value is -2.78. The fraction of sp³-hybridized carbons (Fsp3) is 0.409. The van der Waals surface area contributed by atoms with Crippen LogP contribution in [0, 0.1) is 0 Å².